The fourth-order valence-electron chi connectivity index (χ4n) is 4.93. The average Bonchev–Trinajstić information content (AvgIpc) is 3.07. The SMILES string of the molecule is CCCCN1Cc2ccccc2C[C@H]1CNC(=O)c1cc(NS(C)(=O)=O)cc2c1OC(C)(C)C2. The first kappa shape index (κ1) is 24.5. The Morgan fingerprint density at radius 1 is 1.18 bits per heavy atom. The third kappa shape index (κ3) is 5.73. The van der Waals surface area contributed by atoms with Crippen LogP contribution >= 0.6 is 0 Å². The molecule has 2 aromatic rings. The Hall–Kier alpha value is -2.58. The van der Waals surface area contributed by atoms with Gasteiger partial charge in [0.1, 0.15) is 11.4 Å². The molecule has 0 saturated carbocycles. The van der Waals surface area contributed by atoms with E-state index in [2.05, 4.69) is 46.1 Å². The van der Waals surface area contributed by atoms with Crippen LogP contribution in [0.3, 0.4) is 0 Å². The first-order valence-corrected chi connectivity index (χ1v) is 13.9. The predicted molar refractivity (Wildman–Crippen MR) is 135 cm³/mol. The molecule has 184 valence electrons. The molecule has 0 bridgehead atoms. The minimum atomic E-state index is -3.47. The predicted octanol–water partition coefficient (Wildman–Crippen LogP) is 3.73. The highest BCUT2D eigenvalue weighted by molar-refractivity contribution is 7.92. The second-order valence-electron chi connectivity index (χ2n) is 10.1. The van der Waals surface area contributed by atoms with E-state index in [4.69, 9.17) is 4.74 Å². The Morgan fingerprint density at radius 3 is 2.62 bits per heavy atom. The minimum absolute atomic E-state index is 0.202. The lowest BCUT2D eigenvalue weighted by atomic mass is 9.93. The number of hydrogen-bond donors (Lipinski definition) is 2. The number of rotatable bonds is 8. The summed E-state index contributed by atoms with van der Waals surface area (Å²) >= 11 is 0. The van der Waals surface area contributed by atoms with Crippen LogP contribution in [-0.4, -0.2) is 50.2 Å². The van der Waals surface area contributed by atoms with Crippen LogP contribution in [0.25, 0.3) is 0 Å². The number of fused-ring (bicyclic) bond motifs is 2. The maximum Gasteiger partial charge on any atom is 0.255 e. The van der Waals surface area contributed by atoms with E-state index in [0.717, 1.165) is 44.2 Å². The molecular weight excluding hydrogens is 450 g/mol. The van der Waals surface area contributed by atoms with Crippen molar-refractivity contribution in [2.24, 2.45) is 0 Å². The van der Waals surface area contributed by atoms with Crippen LogP contribution in [0.4, 0.5) is 5.69 Å². The molecule has 2 aromatic carbocycles. The summed E-state index contributed by atoms with van der Waals surface area (Å²) in [6.45, 7) is 8.50. The lowest BCUT2D eigenvalue weighted by Gasteiger charge is -2.37. The molecule has 0 spiro atoms. The summed E-state index contributed by atoms with van der Waals surface area (Å²) in [5.74, 6) is 0.291. The number of nitrogens with one attached hydrogen (secondary N) is 2. The number of amides is 1. The highest BCUT2D eigenvalue weighted by Crippen LogP contribution is 2.40. The molecule has 0 aromatic heterocycles. The van der Waals surface area contributed by atoms with E-state index in [1.165, 1.54) is 11.1 Å². The quantitative estimate of drug-likeness (QED) is 0.595. The monoisotopic (exact) mass is 485 g/mol. The van der Waals surface area contributed by atoms with Crippen molar-refractivity contribution >= 4 is 21.6 Å². The number of carbonyl (C=O) groups excluding carboxylic acids is 1. The van der Waals surface area contributed by atoms with Crippen LogP contribution in [0.2, 0.25) is 0 Å². The van der Waals surface area contributed by atoms with Crippen molar-refractivity contribution < 1.29 is 17.9 Å². The number of nitrogens with zero attached hydrogens (tertiary/aromatic N) is 1. The van der Waals surface area contributed by atoms with Crippen LogP contribution in [0.5, 0.6) is 5.75 Å². The van der Waals surface area contributed by atoms with Crippen molar-refractivity contribution in [1.82, 2.24) is 10.2 Å². The van der Waals surface area contributed by atoms with E-state index >= 15 is 0 Å². The Morgan fingerprint density at radius 2 is 1.91 bits per heavy atom. The molecule has 0 saturated heterocycles. The molecular formula is C26H35N3O4S. The molecule has 2 heterocycles. The zero-order valence-electron chi connectivity index (χ0n) is 20.5. The van der Waals surface area contributed by atoms with Crippen molar-refractivity contribution in [3.63, 3.8) is 0 Å². The van der Waals surface area contributed by atoms with Crippen LogP contribution in [0.1, 0.15) is 60.7 Å². The molecule has 4 rings (SSSR count). The number of hydrogen-bond acceptors (Lipinski definition) is 5. The molecule has 2 aliphatic rings. The largest absolute Gasteiger partial charge is 0.486 e. The summed E-state index contributed by atoms with van der Waals surface area (Å²) in [7, 11) is -3.47. The van der Waals surface area contributed by atoms with E-state index in [1.54, 1.807) is 12.1 Å². The molecule has 2 N–H and O–H groups in total. The molecule has 7 nitrogen and oxygen atoms in total. The van der Waals surface area contributed by atoms with Crippen molar-refractivity contribution in [3.05, 3.63) is 58.7 Å². The minimum Gasteiger partial charge on any atom is -0.486 e. The molecule has 0 unspecified atom stereocenters. The number of carbonyl (C=O) groups is 1. The Bertz CT molecular complexity index is 1180. The molecule has 1 amide bonds. The van der Waals surface area contributed by atoms with Gasteiger partial charge in [0.2, 0.25) is 10.0 Å². The van der Waals surface area contributed by atoms with E-state index in [0.29, 0.717) is 30.0 Å². The molecule has 0 radical (unpaired) electrons. The van der Waals surface area contributed by atoms with E-state index in [1.807, 2.05) is 13.8 Å². The van der Waals surface area contributed by atoms with E-state index in [-0.39, 0.29) is 11.9 Å². The van der Waals surface area contributed by atoms with Gasteiger partial charge in [-0.05, 0) is 56.5 Å². The van der Waals surface area contributed by atoms with Crippen LogP contribution in [0.15, 0.2) is 36.4 Å². The Labute approximate surface area is 202 Å². The van der Waals surface area contributed by atoms with Gasteiger partial charge in [-0.1, -0.05) is 37.6 Å². The molecule has 34 heavy (non-hydrogen) atoms. The van der Waals surface area contributed by atoms with Crippen LogP contribution in [-0.2, 0) is 29.4 Å². The van der Waals surface area contributed by atoms with Crippen LogP contribution in [0, 0.1) is 0 Å². The third-order valence-electron chi connectivity index (χ3n) is 6.47. The lowest BCUT2D eigenvalue weighted by molar-refractivity contribution is 0.0911. The summed E-state index contributed by atoms with van der Waals surface area (Å²) < 4.78 is 32.2. The summed E-state index contributed by atoms with van der Waals surface area (Å²) in [5, 5.41) is 3.12. The van der Waals surface area contributed by atoms with Crippen molar-refractivity contribution in [2.75, 3.05) is 24.1 Å². The lowest BCUT2D eigenvalue weighted by Crippen LogP contribution is -2.47. The number of benzene rings is 2. The third-order valence-corrected chi connectivity index (χ3v) is 7.08. The van der Waals surface area contributed by atoms with Crippen molar-refractivity contribution in [2.45, 2.75) is 64.6 Å². The second-order valence-corrected chi connectivity index (χ2v) is 11.8. The van der Waals surface area contributed by atoms with Crippen molar-refractivity contribution in [3.8, 4) is 5.75 Å². The van der Waals surface area contributed by atoms with Gasteiger partial charge in [-0.2, -0.15) is 0 Å². The fourth-order valence-corrected chi connectivity index (χ4v) is 5.47. The number of anilines is 1. The maximum absolute atomic E-state index is 13.4. The van der Waals surface area contributed by atoms with Gasteiger partial charge in [-0.25, -0.2) is 8.42 Å². The highest BCUT2D eigenvalue weighted by Gasteiger charge is 2.34. The first-order chi connectivity index (χ1) is 16.0. The fraction of sp³-hybridized carbons (Fsp3) is 0.500. The van der Waals surface area contributed by atoms with Gasteiger partial charge in [0.05, 0.1) is 11.8 Å². The topological polar surface area (TPSA) is 87.7 Å². The molecule has 1 atom stereocenters. The second kappa shape index (κ2) is 9.58. The zero-order valence-corrected chi connectivity index (χ0v) is 21.3. The molecule has 8 heteroatoms. The summed E-state index contributed by atoms with van der Waals surface area (Å²) in [6.07, 6.45) is 4.83. The zero-order chi connectivity index (χ0) is 24.5. The van der Waals surface area contributed by atoms with Gasteiger partial charge >= 0.3 is 0 Å². The Balaban J connectivity index is 1.55. The highest BCUT2D eigenvalue weighted by atomic mass is 32.2. The number of sulfonamides is 1. The van der Waals surface area contributed by atoms with Gasteiger partial charge in [0.15, 0.2) is 0 Å². The van der Waals surface area contributed by atoms with Gasteiger partial charge < -0.3 is 10.1 Å². The summed E-state index contributed by atoms with van der Waals surface area (Å²) in [4.78, 5) is 15.8. The Kier molecular flexibility index (Phi) is 6.92. The summed E-state index contributed by atoms with van der Waals surface area (Å²) in [5.41, 5.74) is 3.81. The molecule has 0 aliphatic carbocycles. The van der Waals surface area contributed by atoms with E-state index < -0.39 is 15.6 Å². The van der Waals surface area contributed by atoms with E-state index in [9.17, 15) is 13.2 Å². The summed E-state index contributed by atoms with van der Waals surface area (Å²) in [6, 6.07) is 12.0. The number of ether oxygens (including phenoxy) is 1. The van der Waals surface area contributed by atoms with Crippen molar-refractivity contribution in [1.29, 1.82) is 0 Å². The first-order valence-electron chi connectivity index (χ1n) is 12.0. The average molecular weight is 486 g/mol. The normalized spacial score (nSPS) is 19.1. The molecule has 0 fully saturated rings. The smallest absolute Gasteiger partial charge is 0.255 e. The van der Waals surface area contributed by atoms with Gasteiger partial charge in [0.25, 0.3) is 5.91 Å². The van der Waals surface area contributed by atoms with Gasteiger partial charge in [0, 0.05) is 36.8 Å². The van der Waals surface area contributed by atoms with Crippen LogP contribution < -0.4 is 14.8 Å². The number of unbranched alkanes of at least 4 members (excludes halogenated alkanes) is 1. The molecule has 2 aliphatic heterocycles. The standard InChI is InChI=1S/C26H35N3O4S/c1-5-6-11-29-17-19-10-8-7-9-18(19)13-22(29)16-27-25(30)23-14-21(28-34(4,31)32)12-20-15-26(2,3)33-24(20)23/h7-10,12,14,22,28H,5-6,11,13,15-17H2,1-4H3,(H,27,30)/t22-/m0/s1. The van der Waals surface area contributed by atoms with Gasteiger partial charge in [-0.3, -0.25) is 14.4 Å². The van der Waals surface area contributed by atoms with Gasteiger partial charge in [-0.15, -0.1) is 0 Å². The maximum atomic E-state index is 13.4.